The lowest BCUT2D eigenvalue weighted by Crippen LogP contribution is -2.38. The molecule has 0 aromatic carbocycles. The first-order chi connectivity index (χ1) is 9.28. The normalized spacial score (nSPS) is 15.3. The molecule has 20 heavy (non-hydrogen) atoms. The number of nitrogens with zero attached hydrogens (tertiary/aromatic N) is 2. The van der Waals surface area contributed by atoms with Crippen LogP contribution in [0.3, 0.4) is 0 Å². The summed E-state index contributed by atoms with van der Waals surface area (Å²) in [4.78, 5) is 29.3. The van der Waals surface area contributed by atoms with Gasteiger partial charge in [0.15, 0.2) is 5.17 Å². The molecule has 1 heterocycles. The van der Waals surface area contributed by atoms with E-state index < -0.39 is 17.7 Å². The fourth-order valence-electron chi connectivity index (χ4n) is 1.43. The summed E-state index contributed by atoms with van der Waals surface area (Å²) in [5.74, 6) is -0.468. The second kappa shape index (κ2) is 6.78. The van der Waals surface area contributed by atoms with E-state index in [1.807, 2.05) is 0 Å². The number of ether oxygens (including phenoxy) is 2. The number of amidine groups is 1. The zero-order valence-corrected chi connectivity index (χ0v) is 13.2. The van der Waals surface area contributed by atoms with Crippen LogP contribution in [0.4, 0.5) is 4.79 Å². The lowest BCUT2D eigenvalue weighted by molar-refractivity contribution is -0.138. The van der Waals surface area contributed by atoms with Gasteiger partial charge in [0.25, 0.3) is 0 Å². The standard InChI is InChI=1S/C13H20N2O4S/c1-6-18-10(16)9-7-14-11(20-5)15(8-9)12(17)19-13(2,3)4/h8H,6-7H2,1-5H3. The SMILES string of the molecule is CCOC(=O)C1=CN(C(=O)OC(C)(C)C)C(SC)=NC1. The van der Waals surface area contributed by atoms with Crippen LogP contribution in [0.25, 0.3) is 0 Å². The molecular formula is C13H20N2O4S. The van der Waals surface area contributed by atoms with Crippen LogP contribution in [0.5, 0.6) is 0 Å². The maximum absolute atomic E-state index is 12.1. The van der Waals surface area contributed by atoms with E-state index in [1.165, 1.54) is 22.9 Å². The Bertz CT molecular complexity index is 452. The Hall–Kier alpha value is -1.50. The molecule has 0 aromatic heterocycles. The molecule has 0 fully saturated rings. The largest absolute Gasteiger partial charge is 0.463 e. The zero-order chi connectivity index (χ0) is 15.3. The number of hydrogen-bond acceptors (Lipinski definition) is 6. The molecule has 0 atom stereocenters. The van der Waals surface area contributed by atoms with Gasteiger partial charge in [-0.15, -0.1) is 0 Å². The van der Waals surface area contributed by atoms with Gasteiger partial charge in [-0.1, -0.05) is 11.8 Å². The number of aliphatic imine (C=N–C) groups is 1. The monoisotopic (exact) mass is 300 g/mol. The van der Waals surface area contributed by atoms with Gasteiger partial charge in [0.2, 0.25) is 0 Å². The Kier molecular flexibility index (Phi) is 5.62. The average Bonchev–Trinajstić information content (AvgIpc) is 2.36. The minimum absolute atomic E-state index is 0.203. The van der Waals surface area contributed by atoms with Crippen molar-refractivity contribution in [3.63, 3.8) is 0 Å². The number of carbonyl (C=O) groups is 2. The maximum Gasteiger partial charge on any atom is 0.420 e. The van der Waals surface area contributed by atoms with Crippen LogP contribution in [-0.4, -0.2) is 47.1 Å². The summed E-state index contributed by atoms with van der Waals surface area (Å²) in [6.07, 6.45) is 2.68. The van der Waals surface area contributed by atoms with Gasteiger partial charge < -0.3 is 9.47 Å². The maximum atomic E-state index is 12.1. The van der Waals surface area contributed by atoms with Crippen molar-refractivity contribution in [1.82, 2.24) is 4.90 Å². The van der Waals surface area contributed by atoms with Crippen molar-refractivity contribution in [3.05, 3.63) is 11.8 Å². The summed E-state index contributed by atoms with van der Waals surface area (Å²) < 4.78 is 10.2. The molecule has 1 aliphatic rings. The van der Waals surface area contributed by atoms with E-state index in [4.69, 9.17) is 9.47 Å². The van der Waals surface area contributed by atoms with Crippen molar-refractivity contribution >= 4 is 29.0 Å². The van der Waals surface area contributed by atoms with Crippen LogP contribution in [0.15, 0.2) is 16.8 Å². The Labute approximate surface area is 123 Å². The summed E-state index contributed by atoms with van der Waals surface area (Å²) in [7, 11) is 0. The van der Waals surface area contributed by atoms with Crippen molar-refractivity contribution < 1.29 is 19.1 Å². The summed E-state index contributed by atoms with van der Waals surface area (Å²) in [6.45, 7) is 7.54. The first-order valence-electron chi connectivity index (χ1n) is 6.27. The summed E-state index contributed by atoms with van der Waals surface area (Å²) in [5, 5.41) is 0.493. The molecule has 1 rings (SSSR count). The predicted octanol–water partition coefficient (Wildman–Crippen LogP) is 2.40. The van der Waals surface area contributed by atoms with E-state index in [9.17, 15) is 9.59 Å². The van der Waals surface area contributed by atoms with E-state index in [-0.39, 0.29) is 13.2 Å². The highest BCUT2D eigenvalue weighted by molar-refractivity contribution is 8.13. The van der Waals surface area contributed by atoms with E-state index in [0.29, 0.717) is 10.7 Å². The van der Waals surface area contributed by atoms with Gasteiger partial charge in [-0.2, -0.15) is 0 Å². The molecule has 0 spiro atoms. The van der Waals surface area contributed by atoms with E-state index in [0.717, 1.165) is 0 Å². The van der Waals surface area contributed by atoms with Crippen LogP contribution in [-0.2, 0) is 14.3 Å². The van der Waals surface area contributed by atoms with Crippen LogP contribution in [0.1, 0.15) is 27.7 Å². The fourth-order valence-corrected chi connectivity index (χ4v) is 1.94. The summed E-state index contributed by atoms with van der Waals surface area (Å²) in [5.41, 5.74) is -0.286. The zero-order valence-electron chi connectivity index (χ0n) is 12.4. The van der Waals surface area contributed by atoms with Crippen LogP contribution < -0.4 is 0 Å². The number of amides is 1. The molecule has 112 valence electrons. The van der Waals surface area contributed by atoms with Gasteiger partial charge in [0.05, 0.1) is 18.7 Å². The molecule has 6 nitrogen and oxygen atoms in total. The molecule has 7 heteroatoms. The molecule has 0 radical (unpaired) electrons. The Morgan fingerprint density at radius 1 is 1.45 bits per heavy atom. The second-order valence-corrected chi connectivity index (χ2v) is 5.80. The highest BCUT2D eigenvalue weighted by atomic mass is 32.2. The molecule has 0 unspecified atom stereocenters. The Morgan fingerprint density at radius 3 is 2.60 bits per heavy atom. The quantitative estimate of drug-likeness (QED) is 0.733. The fraction of sp³-hybridized carbons (Fsp3) is 0.615. The van der Waals surface area contributed by atoms with Crippen molar-refractivity contribution in [2.24, 2.45) is 4.99 Å². The van der Waals surface area contributed by atoms with Crippen molar-refractivity contribution in [2.45, 2.75) is 33.3 Å². The third-order valence-corrected chi connectivity index (χ3v) is 2.88. The molecule has 0 aliphatic carbocycles. The molecule has 0 aromatic rings. The van der Waals surface area contributed by atoms with Crippen molar-refractivity contribution in [1.29, 1.82) is 0 Å². The molecule has 0 saturated heterocycles. The third-order valence-electron chi connectivity index (χ3n) is 2.19. The number of carbonyl (C=O) groups excluding carboxylic acids is 2. The molecule has 0 N–H and O–H groups in total. The predicted molar refractivity (Wildman–Crippen MR) is 78.6 cm³/mol. The Morgan fingerprint density at radius 2 is 2.10 bits per heavy atom. The van der Waals surface area contributed by atoms with Gasteiger partial charge in [0, 0.05) is 6.20 Å². The number of thioether (sulfide) groups is 1. The minimum atomic E-state index is -0.615. The topological polar surface area (TPSA) is 68.2 Å². The molecule has 0 bridgehead atoms. The van der Waals surface area contributed by atoms with Gasteiger partial charge in [-0.25, -0.2) is 14.5 Å². The van der Waals surface area contributed by atoms with Crippen LogP contribution in [0, 0.1) is 0 Å². The van der Waals surface area contributed by atoms with Gasteiger partial charge >= 0.3 is 12.1 Å². The van der Waals surface area contributed by atoms with Crippen molar-refractivity contribution in [2.75, 3.05) is 19.4 Å². The molecule has 1 amide bonds. The van der Waals surface area contributed by atoms with Gasteiger partial charge in [-0.3, -0.25) is 4.99 Å². The first kappa shape index (κ1) is 16.6. The lowest BCUT2D eigenvalue weighted by atomic mass is 10.2. The smallest absolute Gasteiger partial charge is 0.420 e. The third kappa shape index (κ3) is 4.56. The lowest BCUT2D eigenvalue weighted by Gasteiger charge is -2.27. The van der Waals surface area contributed by atoms with Crippen LogP contribution >= 0.6 is 11.8 Å². The van der Waals surface area contributed by atoms with E-state index in [2.05, 4.69) is 4.99 Å². The van der Waals surface area contributed by atoms with Gasteiger partial charge in [0.1, 0.15) is 5.60 Å². The molecular weight excluding hydrogens is 280 g/mol. The molecule has 0 saturated carbocycles. The first-order valence-corrected chi connectivity index (χ1v) is 7.49. The number of rotatable bonds is 2. The molecule has 1 aliphatic heterocycles. The Balaban J connectivity index is 2.92. The summed E-state index contributed by atoms with van der Waals surface area (Å²) in [6, 6.07) is 0. The number of hydrogen-bond donors (Lipinski definition) is 0. The highest BCUT2D eigenvalue weighted by Crippen LogP contribution is 2.19. The summed E-state index contributed by atoms with van der Waals surface area (Å²) >= 11 is 1.31. The minimum Gasteiger partial charge on any atom is -0.463 e. The van der Waals surface area contributed by atoms with Gasteiger partial charge in [-0.05, 0) is 34.0 Å². The second-order valence-electron chi connectivity index (χ2n) is 5.03. The van der Waals surface area contributed by atoms with E-state index >= 15 is 0 Å². The van der Waals surface area contributed by atoms with E-state index in [1.54, 1.807) is 34.0 Å². The van der Waals surface area contributed by atoms with Crippen molar-refractivity contribution in [3.8, 4) is 0 Å². The number of esters is 1. The van der Waals surface area contributed by atoms with Crippen LogP contribution in [0.2, 0.25) is 0 Å². The highest BCUT2D eigenvalue weighted by Gasteiger charge is 2.28. The average molecular weight is 300 g/mol.